The number of nitriles is 1. The highest BCUT2D eigenvalue weighted by molar-refractivity contribution is 8.00. The maximum atomic E-state index is 13.9. The van der Waals surface area contributed by atoms with Crippen molar-refractivity contribution in [1.82, 2.24) is 0 Å². The summed E-state index contributed by atoms with van der Waals surface area (Å²) in [5.74, 6) is -0.205. The Bertz CT molecular complexity index is 1760. The van der Waals surface area contributed by atoms with E-state index in [1.54, 1.807) is 18.2 Å². The number of nitrogens with zero attached hydrogens (tertiary/aromatic N) is 2. The number of carbonyl (C=O) groups is 2. The van der Waals surface area contributed by atoms with Crippen LogP contribution in [0, 0.1) is 32.8 Å². The summed E-state index contributed by atoms with van der Waals surface area (Å²) in [7, 11) is 0. The average Bonchev–Trinajstić information content (AvgIpc) is 3.36. The zero-order chi connectivity index (χ0) is 31.4. The minimum absolute atomic E-state index is 0.166. The number of thiophene rings is 1. The van der Waals surface area contributed by atoms with Crippen LogP contribution in [0.3, 0.4) is 0 Å². The van der Waals surface area contributed by atoms with E-state index in [9.17, 15) is 25.0 Å². The molecule has 1 aliphatic rings. The fourth-order valence-electron chi connectivity index (χ4n) is 5.36. The summed E-state index contributed by atoms with van der Waals surface area (Å²) in [5, 5.41) is 27.0. The first kappa shape index (κ1) is 31.0. The molecule has 3 aromatic carbocycles. The summed E-state index contributed by atoms with van der Waals surface area (Å²) in [6, 6.07) is 24.4. The highest BCUT2D eigenvalue weighted by Crippen LogP contribution is 2.45. The SMILES string of the molecule is CC(C)(C)C1CCc2c(sc(NC(=O)C(Sc3cccc(NC(=O)c4cccc([N+](=O)[O-])c4)c3)c3ccccc3)c2C#N)C1. The molecule has 1 heterocycles. The molecule has 10 heteroatoms. The molecule has 2 atom stereocenters. The summed E-state index contributed by atoms with van der Waals surface area (Å²) in [5.41, 5.74) is 3.08. The summed E-state index contributed by atoms with van der Waals surface area (Å²) in [6.07, 6.45) is 2.75. The molecule has 224 valence electrons. The van der Waals surface area contributed by atoms with E-state index in [2.05, 4.69) is 37.5 Å². The van der Waals surface area contributed by atoms with Crippen molar-refractivity contribution >= 4 is 51.3 Å². The van der Waals surface area contributed by atoms with Gasteiger partial charge < -0.3 is 10.6 Å². The number of non-ortho nitro benzene ring substituents is 1. The second-order valence-corrected chi connectivity index (χ2v) is 14.1. The van der Waals surface area contributed by atoms with Crippen molar-refractivity contribution < 1.29 is 14.5 Å². The van der Waals surface area contributed by atoms with Crippen LogP contribution in [0.2, 0.25) is 0 Å². The summed E-state index contributed by atoms with van der Waals surface area (Å²) in [4.78, 5) is 39.2. The molecule has 1 aliphatic carbocycles. The molecule has 1 aromatic heterocycles. The van der Waals surface area contributed by atoms with Gasteiger partial charge in [0.25, 0.3) is 11.6 Å². The van der Waals surface area contributed by atoms with Crippen LogP contribution >= 0.6 is 23.1 Å². The van der Waals surface area contributed by atoms with Crippen LogP contribution in [0.1, 0.15) is 64.4 Å². The average molecular weight is 625 g/mol. The topological polar surface area (TPSA) is 125 Å². The van der Waals surface area contributed by atoms with E-state index in [4.69, 9.17) is 0 Å². The van der Waals surface area contributed by atoms with Crippen molar-refractivity contribution in [2.45, 2.75) is 50.2 Å². The van der Waals surface area contributed by atoms with Gasteiger partial charge in [0, 0.05) is 33.2 Å². The van der Waals surface area contributed by atoms with E-state index >= 15 is 0 Å². The van der Waals surface area contributed by atoms with Crippen LogP contribution < -0.4 is 10.6 Å². The molecule has 0 radical (unpaired) electrons. The smallest absolute Gasteiger partial charge is 0.270 e. The number of fused-ring (bicyclic) bond motifs is 1. The predicted octanol–water partition coefficient (Wildman–Crippen LogP) is 8.40. The van der Waals surface area contributed by atoms with E-state index in [0.29, 0.717) is 22.2 Å². The van der Waals surface area contributed by atoms with Gasteiger partial charge >= 0.3 is 0 Å². The second-order valence-electron chi connectivity index (χ2n) is 11.8. The minimum atomic E-state index is -0.632. The number of benzene rings is 3. The van der Waals surface area contributed by atoms with Crippen LogP contribution in [0.4, 0.5) is 16.4 Å². The third-order valence-electron chi connectivity index (χ3n) is 7.84. The van der Waals surface area contributed by atoms with Crippen LogP contribution in [0.5, 0.6) is 0 Å². The molecule has 8 nitrogen and oxygen atoms in total. The van der Waals surface area contributed by atoms with Gasteiger partial charge in [0.1, 0.15) is 16.3 Å². The zero-order valence-electron chi connectivity index (χ0n) is 24.6. The monoisotopic (exact) mass is 624 g/mol. The third kappa shape index (κ3) is 7.01. The Morgan fingerprint density at radius 3 is 2.50 bits per heavy atom. The van der Waals surface area contributed by atoms with E-state index in [0.717, 1.165) is 35.3 Å². The van der Waals surface area contributed by atoms with Crippen LogP contribution in [-0.2, 0) is 17.6 Å². The van der Waals surface area contributed by atoms with Gasteiger partial charge in [-0.05, 0) is 66.0 Å². The zero-order valence-corrected chi connectivity index (χ0v) is 26.3. The number of carbonyl (C=O) groups excluding carboxylic acids is 2. The standard InChI is InChI=1S/C34H32N4O4S2/c1-34(2,3)23-15-16-27-28(20-35)33(44-29(27)18-23)37-32(40)30(21-9-5-4-6-10-21)43-26-14-8-12-24(19-26)36-31(39)22-11-7-13-25(17-22)38(41)42/h4-14,17,19,23,30H,15-16,18H2,1-3H3,(H,36,39)(H,37,40). The van der Waals surface area contributed by atoms with Crippen molar-refractivity contribution in [3.05, 3.63) is 116 Å². The number of nitro benzene ring substituents is 1. The molecule has 2 N–H and O–H groups in total. The lowest BCUT2D eigenvalue weighted by molar-refractivity contribution is -0.384. The fraction of sp³-hybridized carbons (Fsp3) is 0.265. The highest BCUT2D eigenvalue weighted by Gasteiger charge is 2.33. The number of hydrogen-bond donors (Lipinski definition) is 2. The van der Waals surface area contributed by atoms with Gasteiger partial charge in [0.15, 0.2) is 0 Å². The van der Waals surface area contributed by atoms with E-state index in [1.165, 1.54) is 52.2 Å². The predicted molar refractivity (Wildman–Crippen MR) is 175 cm³/mol. The van der Waals surface area contributed by atoms with E-state index < -0.39 is 16.1 Å². The Labute approximate surface area is 264 Å². The molecule has 0 saturated heterocycles. The molecule has 0 spiro atoms. The van der Waals surface area contributed by atoms with Gasteiger partial charge in [-0.1, -0.05) is 63.2 Å². The number of rotatable bonds is 8. The Morgan fingerprint density at radius 1 is 1.05 bits per heavy atom. The molecular formula is C34H32N4O4S2. The van der Waals surface area contributed by atoms with Crippen LogP contribution in [0.15, 0.2) is 83.8 Å². The van der Waals surface area contributed by atoms with Gasteiger partial charge in [-0.15, -0.1) is 23.1 Å². The van der Waals surface area contributed by atoms with Gasteiger partial charge in [-0.2, -0.15) is 5.26 Å². The van der Waals surface area contributed by atoms with Crippen molar-refractivity contribution in [2.24, 2.45) is 11.3 Å². The number of hydrogen-bond acceptors (Lipinski definition) is 7. The van der Waals surface area contributed by atoms with Crippen molar-refractivity contribution in [2.75, 3.05) is 10.6 Å². The van der Waals surface area contributed by atoms with Gasteiger partial charge in [-0.25, -0.2) is 0 Å². The molecule has 0 aliphatic heterocycles. The van der Waals surface area contributed by atoms with E-state index in [1.807, 2.05) is 36.4 Å². The highest BCUT2D eigenvalue weighted by atomic mass is 32.2. The van der Waals surface area contributed by atoms with Crippen molar-refractivity contribution in [3.8, 4) is 6.07 Å². The van der Waals surface area contributed by atoms with Gasteiger partial charge in [0.05, 0.1) is 10.5 Å². The van der Waals surface area contributed by atoms with Crippen molar-refractivity contribution in [3.63, 3.8) is 0 Å². The molecule has 0 bridgehead atoms. The minimum Gasteiger partial charge on any atom is -0.322 e. The van der Waals surface area contributed by atoms with Crippen LogP contribution in [0.25, 0.3) is 0 Å². The van der Waals surface area contributed by atoms with Gasteiger partial charge in [0.2, 0.25) is 5.91 Å². The number of amides is 2. The lowest BCUT2D eigenvalue weighted by Crippen LogP contribution is -2.26. The Kier molecular flexibility index (Phi) is 9.18. The molecule has 2 amide bonds. The Balaban J connectivity index is 1.37. The molecular weight excluding hydrogens is 593 g/mol. The first-order chi connectivity index (χ1) is 21.0. The number of nitro groups is 1. The molecule has 44 heavy (non-hydrogen) atoms. The maximum absolute atomic E-state index is 13.9. The molecule has 0 fully saturated rings. The normalized spacial score (nSPS) is 15.0. The molecule has 0 saturated carbocycles. The lowest BCUT2D eigenvalue weighted by atomic mass is 9.72. The number of thioether (sulfide) groups is 1. The number of nitrogens with one attached hydrogen (secondary N) is 2. The summed E-state index contributed by atoms with van der Waals surface area (Å²) in [6.45, 7) is 6.75. The third-order valence-corrected chi connectivity index (χ3v) is 10.3. The first-order valence-corrected chi connectivity index (χ1v) is 16.0. The Hall–Kier alpha value is -4.46. The lowest BCUT2D eigenvalue weighted by Gasteiger charge is -2.33. The van der Waals surface area contributed by atoms with Crippen molar-refractivity contribution in [1.29, 1.82) is 5.26 Å². The maximum Gasteiger partial charge on any atom is 0.270 e. The van der Waals surface area contributed by atoms with Gasteiger partial charge in [-0.3, -0.25) is 19.7 Å². The first-order valence-electron chi connectivity index (χ1n) is 14.3. The molecule has 2 unspecified atom stereocenters. The molecule has 4 aromatic rings. The fourth-order valence-corrected chi connectivity index (χ4v) is 7.72. The van der Waals surface area contributed by atoms with E-state index in [-0.39, 0.29) is 22.6 Å². The quantitative estimate of drug-likeness (QED) is 0.115. The second kappa shape index (κ2) is 13.0. The summed E-state index contributed by atoms with van der Waals surface area (Å²) < 4.78 is 0. The molecule has 5 rings (SSSR count). The Morgan fingerprint density at radius 2 is 1.80 bits per heavy atom. The van der Waals surface area contributed by atoms with Crippen LogP contribution in [-0.4, -0.2) is 16.7 Å². The summed E-state index contributed by atoms with van der Waals surface area (Å²) >= 11 is 2.84. The largest absolute Gasteiger partial charge is 0.322 e. The number of anilines is 2.